The molecule has 0 spiro atoms. The highest BCUT2D eigenvalue weighted by Gasteiger charge is 2.19. The van der Waals surface area contributed by atoms with Gasteiger partial charge in [-0.15, -0.1) is 22.7 Å². The Morgan fingerprint density at radius 1 is 1.11 bits per heavy atom. The fraction of sp³-hybridized carbons (Fsp3) is 0.333. The minimum absolute atomic E-state index is 0.661. The minimum Gasteiger partial charge on any atom is -0.355 e. The molecule has 0 unspecified atom stereocenters. The van der Waals surface area contributed by atoms with Crippen molar-refractivity contribution in [2.75, 3.05) is 25.5 Å². The molecule has 4 heterocycles. The van der Waals surface area contributed by atoms with Crippen LogP contribution in [0.15, 0.2) is 42.0 Å². The summed E-state index contributed by atoms with van der Waals surface area (Å²) in [7, 11) is 2.23. The first-order chi connectivity index (χ1) is 13.3. The molecule has 6 heteroatoms. The Labute approximate surface area is 166 Å². The first-order valence-corrected chi connectivity index (χ1v) is 11.1. The van der Waals surface area contributed by atoms with E-state index < -0.39 is 0 Å². The number of thiazole rings is 1. The lowest BCUT2D eigenvalue weighted by atomic mass is 9.98. The number of anilines is 2. The number of rotatable bonds is 3. The van der Waals surface area contributed by atoms with Gasteiger partial charge in [-0.25, -0.2) is 9.97 Å². The molecule has 1 N–H and O–H groups in total. The number of aromatic nitrogens is 2. The van der Waals surface area contributed by atoms with Gasteiger partial charge in [-0.3, -0.25) is 0 Å². The zero-order valence-corrected chi connectivity index (χ0v) is 16.9. The summed E-state index contributed by atoms with van der Waals surface area (Å²) in [5.74, 6) is 0.661. The smallest absolute Gasteiger partial charge is 0.125 e. The first kappa shape index (κ1) is 17.1. The van der Waals surface area contributed by atoms with Crippen molar-refractivity contribution in [1.29, 1.82) is 0 Å². The highest BCUT2D eigenvalue weighted by molar-refractivity contribution is 7.18. The van der Waals surface area contributed by atoms with Crippen LogP contribution in [0.3, 0.4) is 0 Å². The molecule has 0 aliphatic carbocycles. The van der Waals surface area contributed by atoms with Crippen molar-refractivity contribution in [3.05, 3.63) is 46.9 Å². The summed E-state index contributed by atoms with van der Waals surface area (Å²) in [6.45, 7) is 2.40. The monoisotopic (exact) mass is 394 g/mol. The maximum absolute atomic E-state index is 4.64. The Kier molecular flexibility index (Phi) is 4.55. The molecule has 1 aliphatic rings. The van der Waals surface area contributed by atoms with E-state index in [1.54, 1.807) is 11.3 Å². The maximum atomic E-state index is 4.64. The summed E-state index contributed by atoms with van der Waals surface area (Å²) in [6, 6.07) is 10.8. The number of fused-ring (bicyclic) bond motifs is 2. The number of nitrogens with zero attached hydrogens (tertiary/aromatic N) is 3. The van der Waals surface area contributed by atoms with Crippen molar-refractivity contribution in [3.63, 3.8) is 0 Å². The van der Waals surface area contributed by atoms with E-state index in [4.69, 9.17) is 0 Å². The molecule has 5 rings (SSSR count). The van der Waals surface area contributed by atoms with Gasteiger partial charge in [0.1, 0.15) is 4.83 Å². The van der Waals surface area contributed by atoms with E-state index in [-0.39, 0.29) is 0 Å². The van der Waals surface area contributed by atoms with Crippen molar-refractivity contribution in [2.45, 2.75) is 25.2 Å². The molecule has 4 nitrogen and oxygen atoms in total. The summed E-state index contributed by atoms with van der Waals surface area (Å²) >= 11 is 3.54. The van der Waals surface area contributed by atoms with Crippen molar-refractivity contribution in [1.82, 2.24) is 14.9 Å². The van der Waals surface area contributed by atoms with Gasteiger partial charge in [0, 0.05) is 22.1 Å². The Morgan fingerprint density at radius 3 is 3.04 bits per heavy atom. The van der Waals surface area contributed by atoms with Crippen LogP contribution in [0.4, 0.5) is 11.4 Å². The molecular formula is C21H22N4S2. The minimum atomic E-state index is 0.661. The average Bonchev–Trinajstić information content (AvgIpc) is 3.26. The normalized spacial score (nSPS) is 18.8. The number of benzene rings is 1. The molecule has 1 atom stereocenters. The zero-order valence-electron chi connectivity index (χ0n) is 15.3. The first-order valence-electron chi connectivity index (χ1n) is 9.43. The topological polar surface area (TPSA) is 41.0 Å². The van der Waals surface area contributed by atoms with Gasteiger partial charge in [-0.1, -0.05) is 0 Å². The van der Waals surface area contributed by atoms with Gasteiger partial charge in [-0.2, -0.15) is 0 Å². The Morgan fingerprint density at radius 2 is 2.07 bits per heavy atom. The Bertz CT molecular complexity index is 1080. The molecule has 3 aromatic heterocycles. The standard InChI is InChI=1S/C21H22N4S2/c1-25-9-2-3-14(7-10-25)20-12-16-17(6-8-22-21(16)27-20)24-15-4-5-19-18(11-15)23-13-26-19/h4-6,8,11-14H,2-3,7,9-10H2,1H3,(H,22,24)/t14-/m1/s1. The van der Waals surface area contributed by atoms with Gasteiger partial charge >= 0.3 is 0 Å². The van der Waals surface area contributed by atoms with Crippen LogP contribution in [-0.4, -0.2) is 35.0 Å². The summed E-state index contributed by atoms with van der Waals surface area (Å²) in [6.07, 6.45) is 5.71. The predicted octanol–water partition coefficient (Wildman–Crippen LogP) is 5.85. The highest BCUT2D eigenvalue weighted by Crippen LogP contribution is 2.38. The number of nitrogens with one attached hydrogen (secondary N) is 1. The Balaban J connectivity index is 1.46. The van der Waals surface area contributed by atoms with Crippen LogP contribution in [0, 0.1) is 0 Å². The van der Waals surface area contributed by atoms with E-state index in [9.17, 15) is 0 Å². The second-order valence-electron chi connectivity index (χ2n) is 7.32. The Hall–Kier alpha value is -2.02. The third-order valence-corrected chi connectivity index (χ3v) is 7.43. The van der Waals surface area contributed by atoms with E-state index in [1.807, 2.05) is 23.0 Å². The maximum Gasteiger partial charge on any atom is 0.125 e. The van der Waals surface area contributed by atoms with Crippen molar-refractivity contribution in [2.24, 2.45) is 0 Å². The fourth-order valence-corrected chi connectivity index (χ4v) is 5.74. The number of hydrogen-bond acceptors (Lipinski definition) is 6. The number of thiophene rings is 1. The third kappa shape index (κ3) is 3.45. The zero-order chi connectivity index (χ0) is 18.2. The van der Waals surface area contributed by atoms with Crippen molar-refractivity contribution >= 4 is 54.5 Å². The van der Waals surface area contributed by atoms with Crippen LogP contribution in [0.25, 0.3) is 20.4 Å². The van der Waals surface area contributed by atoms with Crippen LogP contribution in [0.1, 0.15) is 30.1 Å². The lowest BCUT2D eigenvalue weighted by molar-refractivity contribution is 0.347. The van der Waals surface area contributed by atoms with E-state index in [0.717, 1.165) is 21.7 Å². The lowest BCUT2D eigenvalue weighted by Crippen LogP contribution is -2.18. The van der Waals surface area contributed by atoms with Crippen LogP contribution in [0.2, 0.25) is 0 Å². The fourth-order valence-electron chi connectivity index (χ4n) is 3.88. The molecule has 1 aromatic carbocycles. The van der Waals surface area contributed by atoms with Gasteiger partial charge in [0.2, 0.25) is 0 Å². The van der Waals surface area contributed by atoms with E-state index in [1.165, 1.54) is 47.3 Å². The van der Waals surface area contributed by atoms with Crippen LogP contribution in [-0.2, 0) is 0 Å². The molecular weight excluding hydrogens is 372 g/mol. The van der Waals surface area contributed by atoms with Gasteiger partial charge in [0.25, 0.3) is 0 Å². The summed E-state index contributed by atoms with van der Waals surface area (Å²) in [5, 5.41) is 4.82. The molecule has 0 saturated carbocycles. The highest BCUT2D eigenvalue weighted by atomic mass is 32.1. The number of likely N-dealkylation sites (tertiary alicyclic amines) is 1. The van der Waals surface area contributed by atoms with Crippen molar-refractivity contribution < 1.29 is 0 Å². The molecule has 4 aromatic rings. The van der Waals surface area contributed by atoms with Crippen LogP contribution < -0.4 is 5.32 Å². The third-order valence-electron chi connectivity index (χ3n) is 5.42. The average molecular weight is 395 g/mol. The number of pyridine rings is 1. The van der Waals surface area contributed by atoms with E-state index >= 15 is 0 Å². The quantitative estimate of drug-likeness (QED) is 0.473. The van der Waals surface area contributed by atoms with Gasteiger partial charge < -0.3 is 10.2 Å². The van der Waals surface area contributed by atoms with Gasteiger partial charge in [-0.05, 0) is 75.6 Å². The molecule has 27 heavy (non-hydrogen) atoms. The largest absolute Gasteiger partial charge is 0.355 e. The molecule has 0 amide bonds. The summed E-state index contributed by atoms with van der Waals surface area (Å²) in [5.41, 5.74) is 5.14. The van der Waals surface area contributed by atoms with Gasteiger partial charge in [0.05, 0.1) is 21.4 Å². The lowest BCUT2D eigenvalue weighted by Gasteiger charge is -2.13. The molecule has 1 saturated heterocycles. The second kappa shape index (κ2) is 7.19. The molecule has 1 fully saturated rings. The predicted molar refractivity (Wildman–Crippen MR) is 117 cm³/mol. The van der Waals surface area contributed by atoms with E-state index in [2.05, 4.69) is 57.6 Å². The molecule has 0 bridgehead atoms. The van der Waals surface area contributed by atoms with Crippen molar-refractivity contribution in [3.8, 4) is 0 Å². The number of hydrogen-bond donors (Lipinski definition) is 1. The SMILES string of the molecule is CN1CCC[C@@H](c2cc3c(Nc4ccc5scnc5c4)ccnc3s2)CC1. The molecule has 1 aliphatic heterocycles. The molecule has 138 valence electrons. The van der Waals surface area contributed by atoms with Crippen LogP contribution in [0.5, 0.6) is 0 Å². The van der Waals surface area contributed by atoms with E-state index in [0.29, 0.717) is 5.92 Å². The summed E-state index contributed by atoms with van der Waals surface area (Å²) < 4.78 is 1.22. The molecule has 0 radical (unpaired) electrons. The summed E-state index contributed by atoms with van der Waals surface area (Å²) in [4.78, 5) is 14.1. The van der Waals surface area contributed by atoms with Gasteiger partial charge in [0.15, 0.2) is 0 Å². The van der Waals surface area contributed by atoms with Crippen LogP contribution >= 0.6 is 22.7 Å². The second-order valence-corrected chi connectivity index (χ2v) is 9.27.